The summed E-state index contributed by atoms with van der Waals surface area (Å²) in [6.45, 7) is 10.5. The largest absolute Gasteiger partial charge is 0.497 e. The second-order valence-electron chi connectivity index (χ2n) is 8.27. The summed E-state index contributed by atoms with van der Waals surface area (Å²) in [5.74, 6) is 0.805. The summed E-state index contributed by atoms with van der Waals surface area (Å²) in [5.41, 5.74) is 10.6. The minimum atomic E-state index is -0.528. The zero-order valence-electron chi connectivity index (χ0n) is 17.8. The van der Waals surface area contributed by atoms with Crippen molar-refractivity contribution in [3.63, 3.8) is 0 Å². The molecule has 0 atom stereocenters. The highest BCUT2D eigenvalue weighted by Crippen LogP contribution is 2.31. The lowest BCUT2D eigenvalue weighted by Gasteiger charge is -2.15. The Morgan fingerprint density at radius 1 is 1.10 bits per heavy atom. The fraction of sp³-hybridized carbons (Fsp3) is 0.304. The number of aromatic nitrogens is 2. The number of amides is 1. The Labute approximate surface area is 171 Å². The highest BCUT2D eigenvalue weighted by Gasteiger charge is 2.22. The molecule has 0 radical (unpaired) electrons. The Bertz CT molecular complexity index is 1060. The lowest BCUT2D eigenvalue weighted by atomic mass is 9.92. The van der Waals surface area contributed by atoms with Gasteiger partial charge >= 0.3 is 0 Å². The van der Waals surface area contributed by atoms with Gasteiger partial charge in [-0.15, -0.1) is 0 Å². The molecule has 29 heavy (non-hydrogen) atoms. The first-order chi connectivity index (χ1) is 13.6. The Kier molecular flexibility index (Phi) is 5.38. The fourth-order valence-corrected chi connectivity index (χ4v) is 3.07. The van der Waals surface area contributed by atoms with Crippen molar-refractivity contribution in [1.29, 1.82) is 0 Å². The van der Waals surface area contributed by atoms with Gasteiger partial charge in [0.05, 0.1) is 29.7 Å². The second kappa shape index (κ2) is 7.62. The van der Waals surface area contributed by atoms with Crippen LogP contribution in [0.5, 0.6) is 5.75 Å². The Morgan fingerprint density at radius 2 is 1.83 bits per heavy atom. The first kappa shape index (κ1) is 20.5. The standard InChI is InChI=1S/C23H28N4O2/c1-14-7-8-15(2)19(11-14)27-21(13-20(26-27)23(3,4)5)25-18-10-9-16(29-6)12-17(18)22(24)28/h7-13,25H,1-6H3,(H2,24,28). The number of anilines is 2. The summed E-state index contributed by atoms with van der Waals surface area (Å²) in [6.07, 6.45) is 0. The molecule has 1 heterocycles. The molecule has 0 saturated heterocycles. The molecule has 6 heteroatoms. The lowest BCUT2D eigenvalue weighted by molar-refractivity contribution is 0.100. The number of primary amides is 1. The topological polar surface area (TPSA) is 82.2 Å². The molecule has 1 amide bonds. The zero-order chi connectivity index (χ0) is 21.3. The summed E-state index contributed by atoms with van der Waals surface area (Å²) in [4.78, 5) is 12.0. The Balaban J connectivity index is 2.16. The first-order valence-corrected chi connectivity index (χ1v) is 9.53. The molecule has 0 aliphatic heterocycles. The van der Waals surface area contributed by atoms with Gasteiger partial charge in [0.1, 0.15) is 11.6 Å². The van der Waals surface area contributed by atoms with E-state index in [1.807, 2.05) is 10.7 Å². The van der Waals surface area contributed by atoms with E-state index in [4.69, 9.17) is 15.6 Å². The van der Waals surface area contributed by atoms with E-state index in [0.29, 0.717) is 17.0 Å². The van der Waals surface area contributed by atoms with Crippen LogP contribution in [0.4, 0.5) is 11.5 Å². The molecular formula is C23H28N4O2. The lowest BCUT2D eigenvalue weighted by Crippen LogP contribution is -2.14. The number of carbonyl (C=O) groups excluding carboxylic acids is 1. The van der Waals surface area contributed by atoms with E-state index in [9.17, 15) is 4.79 Å². The van der Waals surface area contributed by atoms with Gasteiger partial charge in [-0.25, -0.2) is 4.68 Å². The number of carbonyl (C=O) groups is 1. The Hall–Kier alpha value is -3.28. The number of nitrogens with zero attached hydrogens (tertiary/aromatic N) is 2. The van der Waals surface area contributed by atoms with Crippen LogP contribution in [-0.4, -0.2) is 22.8 Å². The van der Waals surface area contributed by atoms with E-state index >= 15 is 0 Å². The minimum absolute atomic E-state index is 0.133. The number of nitrogens with one attached hydrogen (secondary N) is 1. The van der Waals surface area contributed by atoms with Gasteiger partial charge in [-0.3, -0.25) is 4.79 Å². The van der Waals surface area contributed by atoms with Gasteiger partial charge in [-0.1, -0.05) is 32.9 Å². The maximum Gasteiger partial charge on any atom is 0.250 e. The molecule has 3 rings (SSSR count). The molecule has 0 aliphatic rings. The van der Waals surface area contributed by atoms with Crippen molar-refractivity contribution in [2.24, 2.45) is 5.73 Å². The normalized spacial score (nSPS) is 11.4. The van der Waals surface area contributed by atoms with E-state index in [-0.39, 0.29) is 5.41 Å². The van der Waals surface area contributed by atoms with Crippen LogP contribution in [0.1, 0.15) is 48.0 Å². The average Bonchev–Trinajstić information content (AvgIpc) is 3.08. The van der Waals surface area contributed by atoms with Crippen molar-refractivity contribution >= 4 is 17.4 Å². The minimum Gasteiger partial charge on any atom is -0.497 e. The van der Waals surface area contributed by atoms with E-state index in [1.54, 1.807) is 25.3 Å². The molecule has 3 N–H and O–H groups in total. The van der Waals surface area contributed by atoms with E-state index in [2.05, 4.69) is 58.1 Å². The van der Waals surface area contributed by atoms with Gasteiger partial charge in [0.25, 0.3) is 5.91 Å². The van der Waals surface area contributed by atoms with Gasteiger partial charge in [-0.2, -0.15) is 5.10 Å². The molecule has 0 unspecified atom stereocenters. The molecule has 2 aromatic carbocycles. The van der Waals surface area contributed by atoms with E-state index < -0.39 is 5.91 Å². The molecular weight excluding hydrogens is 364 g/mol. The number of hydrogen-bond donors (Lipinski definition) is 2. The van der Waals surface area contributed by atoms with Crippen LogP contribution in [0.15, 0.2) is 42.5 Å². The van der Waals surface area contributed by atoms with Crippen LogP contribution in [-0.2, 0) is 5.41 Å². The summed E-state index contributed by atoms with van der Waals surface area (Å²) >= 11 is 0. The fourth-order valence-electron chi connectivity index (χ4n) is 3.07. The zero-order valence-corrected chi connectivity index (χ0v) is 17.8. The van der Waals surface area contributed by atoms with Gasteiger partial charge in [0.2, 0.25) is 0 Å². The molecule has 1 aromatic heterocycles. The molecule has 152 valence electrons. The summed E-state index contributed by atoms with van der Waals surface area (Å²) in [5, 5.41) is 8.23. The number of nitrogens with two attached hydrogens (primary N) is 1. The molecule has 0 aliphatic carbocycles. The Morgan fingerprint density at radius 3 is 2.45 bits per heavy atom. The second-order valence-corrected chi connectivity index (χ2v) is 8.27. The van der Waals surface area contributed by atoms with Crippen molar-refractivity contribution in [3.05, 3.63) is 64.8 Å². The number of rotatable bonds is 5. The molecule has 6 nitrogen and oxygen atoms in total. The monoisotopic (exact) mass is 392 g/mol. The van der Waals surface area contributed by atoms with Gasteiger partial charge < -0.3 is 15.8 Å². The third kappa shape index (κ3) is 4.26. The predicted octanol–water partition coefficient (Wildman–Crippen LogP) is 4.64. The van der Waals surface area contributed by atoms with Crippen LogP contribution in [0.2, 0.25) is 0 Å². The number of hydrogen-bond acceptors (Lipinski definition) is 4. The predicted molar refractivity (Wildman–Crippen MR) is 117 cm³/mol. The third-order valence-electron chi connectivity index (χ3n) is 4.83. The SMILES string of the molecule is COc1ccc(Nc2cc(C(C)(C)C)nn2-c2cc(C)ccc2C)c(C(N)=O)c1. The van der Waals surface area contributed by atoms with Crippen LogP contribution in [0.3, 0.4) is 0 Å². The molecule has 0 fully saturated rings. The average molecular weight is 393 g/mol. The molecule has 0 bridgehead atoms. The summed E-state index contributed by atoms with van der Waals surface area (Å²) < 4.78 is 7.11. The number of benzene rings is 2. The summed E-state index contributed by atoms with van der Waals surface area (Å²) in [6, 6.07) is 13.5. The van der Waals surface area contributed by atoms with Crippen LogP contribution in [0, 0.1) is 13.8 Å². The van der Waals surface area contributed by atoms with Crippen LogP contribution in [0.25, 0.3) is 5.69 Å². The van der Waals surface area contributed by atoms with Gasteiger partial charge in [0.15, 0.2) is 0 Å². The first-order valence-electron chi connectivity index (χ1n) is 9.53. The third-order valence-corrected chi connectivity index (χ3v) is 4.83. The van der Waals surface area contributed by atoms with Crippen molar-refractivity contribution in [3.8, 4) is 11.4 Å². The maximum atomic E-state index is 12.0. The molecule has 0 saturated carbocycles. The van der Waals surface area contributed by atoms with Crippen molar-refractivity contribution < 1.29 is 9.53 Å². The van der Waals surface area contributed by atoms with Crippen LogP contribution < -0.4 is 15.8 Å². The molecule has 0 spiro atoms. The van der Waals surface area contributed by atoms with Gasteiger partial charge in [-0.05, 0) is 49.2 Å². The van der Waals surface area contributed by atoms with Crippen molar-refractivity contribution in [1.82, 2.24) is 9.78 Å². The van der Waals surface area contributed by atoms with Gasteiger partial charge in [0, 0.05) is 11.5 Å². The maximum absolute atomic E-state index is 12.0. The highest BCUT2D eigenvalue weighted by atomic mass is 16.5. The van der Waals surface area contributed by atoms with E-state index in [0.717, 1.165) is 28.3 Å². The number of ether oxygens (including phenoxy) is 1. The number of aryl methyl sites for hydroxylation is 2. The smallest absolute Gasteiger partial charge is 0.250 e. The molecule has 3 aromatic rings. The van der Waals surface area contributed by atoms with Crippen molar-refractivity contribution in [2.75, 3.05) is 12.4 Å². The summed E-state index contributed by atoms with van der Waals surface area (Å²) in [7, 11) is 1.55. The van der Waals surface area contributed by atoms with Crippen molar-refractivity contribution in [2.45, 2.75) is 40.0 Å². The quantitative estimate of drug-likeness (QED) is 0.663. The number of methoxy groups -OCH3 is 1. The highest BCUT2D eigenvalue weighted by molar-refractivity contribution is 5.99. The van der Waals surface area contributed by atoms with Crippen LogP contribution >= 0.6 is 0 Å². The van der Waals surface area contributed by atoms with E-state index in [1.165, 1.54) is 0 Å².